The third-order valence-corrected chi connectivity index (χ3v) is 13.7. The van der Waals surface area contributed by atoms with Gasteiger partial charge in [-0.1, -0.05) is 176 Å². The van der Waals surface area contributed by atoms with Crippen molar-refractivity contribution < 1.29 is 18.4 Å². The minimum absolute atomic E-state index is 0. The molecule has 6 heterocycles. The first kappa shape index (κ1) is 69.4. The number of nitrogen functional groups attached to an aromatic ring is 2. The van der Waals surface area contributed by atoms with Gasteiger partial charge < -0.3 is 25.6 Å². The van der Waals surface area contributed by atoms with E-state index >= 15 is 0 Å². The monoisotopic (exact) mass is 1410 g/mol. The molecule has 6 N–H and O–H groups in total. The number of aromatic nitrogens is 6. The number of pyridine rings is 4. The van der Waals surface area contributed by atoms with Gasteiger partial charge >= 0.3 is 0 Å². The molecule has 20 heteroatoms. The van der Waals surface area contributed by atoms with Crippen molar-refractivity contribution in [2.24, 2.45) is 0 Å². The van der Waals surface area contributed by atoms with Gasteiger partial charge in [-0.25, -0.2) is 29.9 Å². The van der Waals surface area contributed by atoms with Crippen molar-refractivity contribution in [1.82, 2.24) is 29.9 Å². The highest BCUT2D eigenvalue weighted by atomic mass is 79.9. The smallest absolute Gasteiger partial charge is 0.255 e. The Morgan fingerprint density at radius 3 is 1.37 bits per heavy atom. The van der Waals surface area contributed by atoms with Crippen LogP contribution in [0.1, 0.15) is 68.9 Å². The quantitative estimate of drug-likeness (QED) is 0.0664. The second-order valence-electron chi connectivity index (χ2n) is 18.4. The molecule has 0 saturated heterocycles. The molecule has 12 rings (SSSR count). The van der Waals surface area contributed by atoms with Gasteiger partial charge in [-0.15, -0.1) is 0 Å². The Kier molecular flexibility index (Phi) is 27.1. The molecule has 87 heavy (non-hydrogen) atoms. The van der Waals surface area contributed by atoms with E-state index < -0.39 is 5.24 Å². The molecule has 0 saturated carbocycles. The molecule has 0 aliphatic heterocycles. The minimum atomic E-state index is -0.399. The van der Waals surface area contributed by atoms with Crippen LogP contribution in [0.2, 0.25) is 10.3 Å². The van der Waals surface area contributed by atoms with Gasteiger partial charge in [-0.3, -0.25) is 15.0 Å². The summed E-state index contributed by atoms with van der Waals surface area (Å²) in [6, 6.07) is 57.2. The number of benzene rings is 6. The third-order valence-electron chi connectivity index (χ3n) is 11.5. The summed E-state index contributed by atoms with van der Waals surface area (Å²) in [5.74, 6) is 0.969. The first-order valence-corrected chi connectivity index (χ1v) is 29.1. The SMILES string of the molecule is C.C.Cc1cccc(-c2nc3cc(Br)cnc3o2)c1.Cc1cccc(-c2nc3cc(N)cnc3o2)c1.Cc1cccc(C(=O)Cl)c1.Cc1cccc(C(=O)Nc2cc(Br)cnc2Cl)c1.N=C(c1ccccc1)c1ccccc1.Nc1cc(Br)cnc1Cl. The van der Waals surface area contributed by atoms with Crippen molar-refractivity contribution in [1.29, 1.82) is 5.41 Å². The summed E-state index contributed by atoms with van der Waals surface area (Å²) >= 11 is 26.5. The maximum absolute atomic E-state index is 12.0. The van der Waals surface area contributed by atoms with Gasteiger partial charge in [-0.05, 0) is 165 Å². The van der Waals surface area contributed by atoms with Crippen molar-refractivity contribution in [3.63, 3.8) is 0 Å². The van der Waals surface area contributed by atoms with E-state index in [-0.39, 0.29) is 25.9 Å². The molecular weight excluding hydrogens is 1350 g/mol. The maximum atomic E-state index is 12.0. The summed E-state index contributed by atoms with van der Waals surface area (Å²) in [5, 5.41) is 10.9. The topological polar surface area (TPSA) is 226 Å². The van der Waals surface area contributed by atoms with Crippen LogP contribution in [-0.4, -0.2) is 46.8 Å². The van der Waals surface area contributed by atoms with Crippen LogP contribution in [0.5, 0.6) is 0 Å². The fourth-order valence-corrected chi connectivity index (χ4v) is 8.88. The van der Waals surface area contributed by atoms with Crippen molar-refractivity contribution in [3.05, 3.63) is 275 Å². The summed E-state index contributed by atoms with van der Waals surface area (Å²) in [7, 11) is 0. The zero-order valence-electron chi connectivity index (χ0n) is 45.9. The average Bonchev–Trinajstić information content (AvgIpc) is 2.68. The van der Waals surface area contributed by atoms with Crippen LogP contribution in [0.4, 0.5) is 17.1 Å². The largest absolute Gasteiger partial charge is 0.418 e. The summed E-state index contributed by atoms with van der Waals surface area (Å²) in [6.07, 6.45) is 6.43. The molecule has 0 aliphatic rings. The lowest BCUT2D eigenvalue weighted by molar-refractivity contribution is 0.102. The van der Waals surface area contributed by atoms with Gasteiger partial charge in [-0.2, -0.15) is 0 Å². The Bertz CT molecular complexity index is 4090. The Morgan fingerprint density at radius 2 is 0.897 bits per heavy atom. The van der Waals surface area contributed by atoms with E-state index in [1.807, 2.05) is 173 Å². The molecular formula is C67H60Br3Cl3N10O4. The molecule has 14 nitrogen and oxygen atoms in total. The van der Waals surface area contributed by atoms with E-state index in [4.69, 9.17) is 60.5 Å². The van der Waals surface area contributed by atoms with Gasteiger partial charge in [0.15, 0.2) is 10.3 Å². The van der Waals surface area contributed by atoms with Gasteiger partial charge in [0.1, 0.15) is 11.0 Å². The fraction of sp³-hybridized carbons (Fsp3) is 0.0896. The molecule has 0 unspecified atom stereocenters. The first-order valence-electron chi connectivity index (χ1n) is 25.6. The zero-order chi connectivity index (χ0) is 61.0. The Labute approximate surface area is 545 Å². The maximum Gasteiger partial charge on any atom is 0.255 e. The van der Waals surface area contributed by atoms with Crippen LogP contribution in [0.3, 0.4) is 0 Å². The number of hydrogen-bond donors (Lipinski definition) is 4. The van der Waals surface area contributed by atoms with Crippen molar-refractivity contribution >= 4 is 139 Å². The van der Waals surface area contributed by atoms with Crippen molar-refractivity contribution in [2.45, 2.75) is 42.5 Å². The molecule has 0 spiro atoms. The van der Waals surface area contributed by atoms with Crippen molar-refractivity contribution in [3.8, 4) is 22.9 Å². The number of anilines is 3. The normalized spacial score (nSPS) is 10.0. The number of oxazole rings is 2. The van der Waals surface area contributed by atoms with Gasteiger partial charge in [0.05, 0.1) is 29.0 Å². The highest BCUT2D eigenvalue weighted by Crippen LogP contribution is 2.28. The number of amides is 1. The van der Waals surface area contributed by atoms with E-state index in [2.05, 4.69) is 83.0 Å². The highest BCUT2D eigenvalue weighted by Gasteiger charge is 2.13. The average molecular weight is 1420 g/mol. The standard InChI is InChI=1S/C13H10BrClN2O.C13H9BrN2O.C13H11N3O.C13H11N.C8H7ClO.C5H4BrClN2.2CH4/c1-8-3-2-4-9(5-8)13(18)17-11-6-10(14)7-16-12(11)15;2*1-8-3-2-4-9(5-8)12-16-11-6-10(14)7-15-13(11)17-12;14-13(11-7-3-1-4-8-11)12-9-5-2-6-10-12;1-6-3-2-4-7(5-6)8(9)10;6-3-1-4(8)5(7)9-2-3;;/h2-7H,1H3,(H,17,18);2-7H,1H3;2-7H,14H2,1H3;1-10,14H;2-5H,1H3;1-2H,8H2;2*1H4. The number of hydrogen-bond acceptors (Lipinski definition) is 13. The number of halogens is 6. The van der Waals surface area contributed by atoms with Crippen molar-refractivity contribution in [2.75, 3.05) is 16.8 Å². The van der Waals surface area contributed by atoms with E-state index in [1.54, 1.807) is 61.2 Å². The third kappa shape index (κ3) is 21.5. The van der Waals surface area contributed by atoms with Crippen LogP contribution < -0.4 is 16.8 Å². The number of nitrogens with two attached hydrogens (primary N) is 2. The number of nitrogens with zero attached hydrogens (tertiary/aromatic N) is 6. The van der Waals surface area contributed by atoms with E-state index in [0.29, 0.717) is 67.8 Å². The molecule has 6 aromatic heterocycles. The molecule has 12 aromatic rings. The van der Waals surface area contributed by atoms with E-state index in [0.717, 1.165) is 57.9 Å². The summed E-state index contributed by atoms with van der Waals surface area (Å²) in [5.41, 5.74) is 25.1. The lowest BCUT2D eigenvalue weighted by Gasteiger charge is -2.07. The summed E-state index contributed by atoms with van der Waals surface area (Å²) in [4.78, 5) is 47.4. The van der Waals surface area contributed by atoms with Crippen LogP contribution >= 0.6 is 82.6 Å². The molecule has 0 fully saturated rings. The van der Waals surface area contributed by atoms with Crippen LogP contribution in [0, 0.1) is 33.1 Å². The predicted octanol–water partition coefficient (Wildman–Crippen LogP) is 19.6. The molecule has 0 radical (unpaired) electrons. The number of fused-ring (bicyclic) bond motifs is 2. The second kappa shape index (κ2) is 34.1. The number of aryl methyl sites for hydroxylation is 4. The highest BCUT2D eigenvalue weighted by molar-refractivity contribution is 9.11. The molecule has 0 aliphatic carbocycles. The predicted molar refractivity (Wildman–Crippen MR) is 367 cm³/mol. The van der Waals surface area contributed by atoms with Crippen LogP contribution in [-0.2, 0) is 0 Å². The number of nitrogens with one attached hydrogen (secondary N) is 2. The van der Waals surface area contributed by atoms with Gasteiger partial charge in [0.25, 0.3) is 11.1 Å². The lowest BCUT2D eigenvalue weighted by Crippen LogP contribution is -2.12. The van der Waals surface area contributed by atoms with E-state index in [9.17, 15) is 9.59 Å². The van der Waals surface area contributed by atoms with Gasteiger partial charge in [0.2, 0.25) is 23.2 Å². The summed E-state index contributed by atoms with van der Waals surface area (Å²) < 4.78 is 13.7. The van der Waals surface area contributed by atoms with Crippen LogP contribution in [0.25, 0.3) is 45.4 Å². The first-order chi connectivity index (χ1) is 40.8. The molecule has 1 amide bonds. The number of carbonyl (C=O) groups excluding carboxylic acids is 2. The Balaban J connectivity index is 0.000000192. The zero-order valence-corrected chi connectivity index (χ0v) is 52.9. The Hall–Kier alpha value is -8.42. The minimum Gasteiger partial charge on any atom is -0.418 e. The lowest BCUT2D eigenvalue weighted by atomic mass is 10.0. The molecule has 0 atom stereocenters. The number of rotatable bonds is 7. The molecule has 6 aromatic carbocycles. The Morgan fingerprint density at radius 1 is 0.483 bits per heavy atom. The number of carbonyl (C=O) groups is 2. The molecule has 0 bridgehead atoms. The molecule has 444 valence electrons. The van der Waals surface area contributed by atoms with Crippen LogP contribution in [0.15, 0.2) is 229 Å². The second-order valence-corrected chi connectivity index (χ2v) is 22.3. The summed E-state index contributed by atoms with van der Waals surface area (Å²) in [6.45, 7) is 7.93. The van der Waals surface area contributed by atoms with Gasteiger partial charge in [0, 0.05) is 54.3 Å². The fourth-order valence-electron chi connectivity index (χ4n) is 7.51. The van der Waals surface area contributed by atoms with E-state index in [1.165, 1.54) is 5.56 Å².